The third-order valence-electron chi connectivity index (χ3n) is 4.20. The fourth-order valence-corrected chi connectivity index (χ4v) is 2.64. The maximum Gasteiger partial charge on any atom is 0.207 e. The van der Waals surface area contributed by atoms with Crippen LogP contribution in [0.1, 0.15) is 84.0 Å². The smallest absolute Gasteiger partial charge is 0.207 e. The Morgan fingerprint density at radius 1 is 0.913 bits per heavy atom. The van der Waals surface area contributed by atoms with E-state index < -0.39 is 12.1 Å². The molecule has 136 valence electrons. The maximum absolute atomic E-state index is 10.3. The normalized spacial score (nSPS) is 14.0. The first-order valence-electron chi connectivity index (χ1n) is 9.41. The van der Waals surface area contributed by atoms with Crippen LogP contribution in [0.3, 0.4) is 0 Å². The Morgan fingerprint density at radius 2 is 1.43 bits per heavy atom. The SMILES string of the molecule is CCCCCCCCCCCCC/C=C/[C@@H](O)[C@H](CO)NC=O. The van der Waals surface area contributed by atoms with Gasteiger partial charge >= 0.3 is 0 Å². The van der Waals surface area contributed by atoms with Crippen LogP contribution in [0.4, 0.5) is 0 Å². The monoisotopic (exact) mass is 327 g/mol. The third-order valence-corrected chi connectivity index (χ3v) is 4.20. The van der Waals surface area contributed by atoms with Crippen LogP contribution in [0, 0.1) is 0 Å². The van der Waals surface area contributed by atoms with E-state index in [0.717, 1.165) is 12.8 Å². The molecule has 1 amide bonds. The molecule has 0 aromatic heterocycles. The second kappa shape index (κ2) is 17.5. The highest BCUT2D eigenvalue weighted by molar-refractivity contribution is 5.47. The molecule has 0 bridgehead atoms. The molecule has 3 N–H and O–H groups in total. The van der Waals surface area contributed by atoms with Gasteiger partial charge in [0.1, 0.15) is 0 Å². The van der Waals surface area contributed by atoms with Crippen LogP contribution in [0.5, 0.6) is 0 Å². The fraction of sp³-hybridized carbons (Fsp3) is 0.842. The summed E-state index contributed by atoms with van der Waals surface area (Å²) in [5.41, 5.74) is 0. The van der Waals surface area contributed by atoms with E-state index in [1.54, 1.807) is 6.08 Å². The number of allylic oxidation sites excluding steroid dienone is 1. The van der Waals surface area contributed by atoms with Crippen molar-refractivity contribution in [1.29, 1.82) is 0 Å². The molecule has 0 saturated heterocycles. The molecule has 2 atom stereocenters. The fourth-order valence-electron chi connectivity index (χ4n) is 2.64. The first-order valence-corrected chi connectivity index (χ1v) is 9.41. The van der Waals surface area contributed by atoms with Crippen molar-refractivity contribution in [2.75, 3.05) is 6.61 Å². The standard InChI is InChI=1S/C19H37NO3/c1-2-3-4-5-6-7-8-9-10-11-12-13-14-15-19(23)18(16-21)20-17-22/h14-15,17-19,21,23H,2-13,16H2,1H3,(H,20,22)/b15-14+/t18-,19+/m0/s1. The predicted molar refractivity (Wildman–Crippen MR) is 96.3 cm³/mol. The highest BCUT2D eigenvalue weighted by Gasteiger charge is 2.13. The molecule has 0 spiro atoms. The van der Waals surface area contributed by atoms with E-state index in [2.05, 4.69) is 12.2 Å². The van der Waals surface area contributed by atoms with Crippen molar-refractivity contribution in [3.8, 4) is 0 Å². The van der Waals surface area contributed by atoms with Crippen molar-refractivity contribution in [2.24, 2.45) is 0 Å². The zero-order valence-corrected chi connectivity index (χ0v) is 14.9. The molecule has 0 aromatic carbocycles. The van der Waals surface area contributed by atoms with Gasteiger partial charge in [-0.05, 0) is 12.8 Å². The Bertz CT molecular complexity index is 282. The number of rotatable bonds is 17. The molecule has 0 aliphatic rings. The molecule has 0 aliphatic heterocycles. The van der Waals surface area contributed by atoms with Crippen LogP contribution < -0.4 is 5.32 Å². The molecule has 0 aliphatic carbocycles. The van der Waals surface area contributed by atoms with Gasteiger partial charge in [0.05, 0.1) is 18.8 Å². The topological polar surface area (TPSA) is 69.6 Å². The molecular weight excluding hydrogens is 290 g/mol. The molecule has 0 aromatic rings. The van der Waals surface area contributed by atoms with Crippen molar-refractivity contribution in [3.63, 3.8) is 0 Å². The van der Waals surface area contributed by atoms with Crippen LogP contribution in [-0.2, 0) is 4.79 Å². The number of unbranched alkanes of at least 4 members (excludes halogenated alkanes) is 11. The Morgan fingerprint density at radius 3 is 1.91 bits per heavy atom. The molecule has 0 rings (SSSR count). The van der Waals surface area contributed by atoms with E-state index in [1.165, 1.54) is 64.2 Å². The van der Waals surface area contributed by atoms with Gasteiger partial charge in [-0.2, -0.15) is 0 Å². The average Bonchev–Trinajstić information content (AvgIpc) is 2.56. The molecule has 0 saturated carbocycles. The van der Waals surface area contributed by atoms with Crippen molar-refractivity contribution in [3.05, 3.63) is 12.2 Å². The highest BCUT2D eigenvalue weighted by atomic mass is 16.3. The number of carbonyl (C=O) groups excluding carboxylic acids is 1. The number of hydrogen-bond acceptors (Lipinski definition) is 3. The number of nitrogens with one attached hydrogen (secondary N) is 1. The van der Waals surface area contributed by atoms with Gasteiger partial charge in [0.15, 0.2) is 0 Å². The molecule has 0 fully saturated rings. The second-order valence-corrected chi connectivity index (χ2v) is 6.32. The van der Waals surface area contributed by atoms with Crippen molar-refractivity contribution in [1.82, 2.24) is 5.32 Å². The zero-order chi connectivity index (χ0) is 17.2. The summed E-state index contributed by atoms with van der Waals surface area (Å²) in [6.07, 6.45) is 18.8. The Labute approximate surface area is 142 Å². The average molecular weight is 328 g/mol. The molecule has 0 heterocycles. The van der Waals surface area contributed by atoms with E-state index in [9.17, 15) is 9.90 Å². The lowest BCUT2D eigenvalue weighted by Gasteiger charge is -2.16. The largest absolute Gasteiger partial charge is 0.394 e. The minimum atomic E-state index is -0.821. The number of carbonyl (C=O) groups is 1. The molecule has 4 nitrogen and oxygen atoms in total. The molecule has 4 heteroatoms. The van der Waals surface area contributed by atoms with Crippen LogP contribution in [-0.4, -0.2) is 35.4 Å². The summed E-state index contributed by atoms with van der Waals surface area (Å²) < 4.78 is 0. The molecule has 0 unspecified atom stereocenters. The molecular formula is C19H37NO3. The number of amides is 1. The maximum atomic E-state index is 10.3. The van der Waals surface area contributed by atoms with Gasteiger partial charge < -0.3 is 15.5 Å². The van der Waals surface area contributed by atoms with Gasteiger partial charge in [0.25, 0.3) is 0 Å². The van der Waals surface area contributed by atoms with E-state index in [0.29, 0.717) is 6.41 Å². The highest BCUT2D eigenvalue weighted by Crippen LogP contribution is 2.12. The van der Waals surface area contributed by atoms with Crippen LogP contribution in [0.15, 0.2) is 12.2 Å². The van der Waals surface area contributed by atoms with Crippen LogP contribution in [0.2, 0.25) is 0 Å². The van der Waals surface area contributed by atoms with E-state index >= 15 is 0 Å². The summed E-state index contributed by atoms with van der Waals surface area (Å²) in [7, 11) is 0. The van der Waals surface area contributed by atoms with Gasteiger partial charge in [-0.3, -0.25) is 4.79 Å². The van der Waals surface area contributed by atoms with Crippen molar-refractivity contribution >= 4 is 6.41 Å². The summed E-state index contributed by atoms with van der Waals surface area (Å²) in [5.74, 6) is 0. The number of aliphatic hydroxyl groups excluding tert-OH is 2. The number of aliphatic hydroxyl groups is 2. The predicted octanol–water partition coefficient (Wildman–Crippen LogP) is 3.71. The summed E-state index contributed by atoms with van der Waals surface area (Å²) >= 11 is 0. The summed E-state index contributed by atoms with van der Waals surface area (Å²) in [6, 6.07) is -0.610. The second-order valence-electron chi connectivity index (χ2n) is 6.32. The van der Waals surface area contributed by atoms with Gasteiger partial charge in [-0.25, -0.2) is 0 Å². The quantitative estimate of drug-likeness (QED) is 0.217. The minimum Gasteiger partial charge on any atom is -0.394 e. The van der Waals surface area contributed by atoms with Crippen molar-refractivity contribution in [2.45, 2.75) is 96.1 Å². The van der Waals surface area contributed by atoms with Gasteiger partial charge in [-0.1, -0.05) is 83.3 Å². The van der Waals surface area contributed by atoms with Crippen LogP contribution >= 0.6 is 0 Å². The summed E-state index contributed by atoms with van der Waals surface area (Å²) in [6.45, 7) is 1.99. The van der Waals surface area contributed by atoms with Gasteiger partial charge in [0, 0.05) is 0 Å². The first-order chi connectivity index (χ1) is 11.3. The summed E-state index contributed by atoms with van der Waals surface area (Å²) in [5, 5.41) is 21.2. The van der Waals surface area contributed by atoms with Gasteiger partial charge in [0.2, 0.25) is 6.41 Å². The van der Waals surface area contributed by atoms with Gasteiger partial charge in [-0.15, -0.1) is 0 Å². The Kier molecular flexibility index (Phi) is 16.8. The Hall–Kier alpha value is -0.870. The lowest BCUT2D eigenvalue weighted by atomic mass is 10.0. The molecule has 0 radical (unpaired) electrons. The Balaban J connectivity index is 3.38. The van der Waals surface area contributed by atoms with E-state index in [-0.39, 0.29) is 6.61 Å². The lowest BCUT2D eigenvalue weighted by molar-refractivity contribution is -0.111. The number of hydrogen-bond donors (Lipinski definition) is 3. The van der Waals surface area contributed by atoms with Crippen LogP contribution in [0.25, 0.3) is 0 Å². The van der Waals surface area contributed by atoms with Crippen molar-refractivity contribution < 1.29 is 15.0 Å². The van der Waals surface area contributed by atoms with E-state index in [1.807, 2.05) is 6.08 Å². The summed E-state index contributed by atoms with van der Waals surface area (Å²) in [4.78, 5) is 10.3. The third kappa shape index (κ3) is 14.5. The zero-order valence-electron chi connectivity index (χ0n) is 14.9. The molecule has 23 heavy (non-hydrogen) atoms. The first kappa shape index (κ1) is 22.1. The minimum absolute atomic E-state index is 0.261. The van der Waals surface area contributed by atoms with E-state index in [4.69, 9.17) is 5.11 Å². The lowest BCUT2D eigenvalue weighted by Crippen LogP contribution is -2.41.